The van der Waals surface area contributed by atoms with Gasteiger partial charge in [-0.05, 0) is 42.5 Å². The second kappa shape index (κ2) is 8.08. The molecular weight excluding hydrogens is 407 g/mol. The van der Waals surface area contributed by atoms with Crippen LogP contribution in [0.25, 0.3) is 11.5 Å². The number of benzene rings is 2. The van der Waals surface area contributed by atoms with Gasteiger partial charge in [-0.3, -0.25) is 4.90 Å². The first kappa shape index (κ1) is 19.1. The van der Waals surface area contributed by atoms with Crippen molar-refractivity contribution in [2.24, 2.45) is 0 Å². The highest BCUT2D eigenvalue weighted by atomic mass is 32.1. The zero-order chi connectivity index (χ0) is 20.5. The van der Waals surface area contributed by atoms with E-state index in [9.17, 15) is 4.39 Å². The third-order valence-corrected chi connectivity index (χ3v) is 5.59. The second-order valence-electron chi connectivity index (χ2n) is 7.23. The summed E-state index contributed by atoms with van der Waals surface area (Å²) in [6.07, 6.45) is 0. The Morgan fingerprint density at radius 2 is 1.73 bits per heavy atom. The smallest absolute Gasteiger partial charge is 0.288 e. The van der Waals surface area contributed by atoms with Gasteiger partial charge in [0.2, 0.25) is 5.89 Å². The highest BCUT2D eigenvalue weighted by Crippen LogP contribution is 2.34. The predicted octanol–water partition coefficient (Wildman–Crippen LogP) is 3.56. The van der Waals surface area contributed by atoms with Gasteiger partial charge < -0.3 is 18.8 Å². The summed E-state index contributed by atoms with van der Waals surface area (Å²) in [6, 6.07) is 12.5. The molecule has 0 N–H and O–H groups in total. The summed E-state index contributed by atoms with van der Waals surface area (Å²) in [5, 5.41) is 4.55. The van der Waals surface area contributed by atoms with E-state index in [1.165, 1.54) is 6.07 Å². The van der Waals surface area contributed by atoms with Crippen LogP contribution in [0.4, 0.5) is 10.1 Å². The normalized spacial score (nSPS) is 16.6. The molecule has 0 spiro atoms. The molecule has 0 aliphatic carbocycles. The van der Waals surface area contributed by atoms with Gasteiger partial charge >= 0.3 is 0 Å². The lowest BCUT2D eigenvalue weighted by Gasteiger charge is -2.35. The lowest BCUT2D eigenvalue weighted by atomic mass is 10.2. The average molecular weight is 428 g/mol. The molecule has 0 unspecified atom stereocenters. The maximum atomic E-state index is 14.0. The minimum absolute atomic E-state index is 0.186. The van der Waals surface area contributed by atoms with Crippen molar-refractivity contribution in [2.75, 3.05) is 44.3 Å². The number of anilines is 1. The maximum absolute atomic E-state index is 14.0. The fraction of sp³-hybridized carbons (Fsp3) is 0.333. The number of hydrogen-bond donors (Lipinski definition) is 0. The molecule has 2 aliphatic heterocycles. The van der Waals surface area contributed by atoms with Gasteiger partial charge in [-0.2, -0.15) is 0 Å². The van der Waals surface area contributed by atoms with Crippen LogP contribution >= 0.6 is 12.2 Å². The van der Waals surface area contributed by atoms with Gasteiger partial charge in [0, 0.05) is 31.7 Å². The van der Waals surface area contributed by atoms with Crippen molar-refractivity contribution < 1.29 is 18.3 Å². The lowest BCUT2D eigenvalue weighted by molar-refractivity contribution is 0.171. The molecule has 0 bridgehead atoms. The Bertz CT molecular complexity index is 1110. The van der Waals surface area contributed by atoms with Crippen molar-refractivity contribution in [1.82, 2.24) is 14.7 Å². The summed E-state index contributed by atoms with van der Waals surface area (Å²) < 4.78 is 32.6. The van der Waals surface area contributed by atoms with Crippen LogP contribution in [0.1, 0.15) is 0 Å². The molecule has 2 aliphatic rings. The first-order valence-electron chi connectivity index (χ1n) is 9.87. The average Bonchev–Trinajstić information content (AvgIpc) is 3.14. The van der Waals surface area contributed by atoms with Gasteiger partial charge in [-0.1, -0.05) is 12.1 Å². The van der Waals surface area contributed by atoms with Gasteiger partial charge in [0.25, 0.3) is 4.84 Å². The number of hydrogen-bond acceptors (Lipinski definition) is 7. The van der Waals surface area contributed by atoms with E-state index in [2.05, 4.69) is 14.9 Å². The van der Waals surface area contributed by atoms with Crippen LogP contribution in [0.3, 0.4) is 0 Å². The predicted molar refractivity (Wildman–Crippen MR) is 112 cm³/mol. The first-order chi connectivity index (χ1) is 14.7. The largest absolute Gasteiger partial charge is 0.486 e. The van der Waals surface area contributed by atoms with Crippen LogP contribution in [-0.4, -0.2) is 54.1 Å². The van der Waals surface area contributed by atoms with Crippen LogP contribution in [0.5, 0.6) is 11.5 Å². The van der Waals surface area contributed by atoms with Gasteiger partial charge in [0.15, 0.2) is 11.5 Å². The van der Waals surface area contributed by atoms with Crippen LogP contribution in [0, 0.1) is 10.7 Å². The van der Waals surface area contributed by atoms with Crippen molar-refractivity contribution in [3.05, 3.63) is 53.1 Å². The number of halogens is 1. The first-order valence-corrected chi connectivity index (χ1v) is 10.3. The maximum Gasteiger partial charge on any atom is 0.288 e. The minimum Gasteiger partial charge on any atom is -0.486 e. The molecule has 0 radical (unpaired) electrons. The van der Waals surface area contributed by atoms with Crippen molar-refractivity contribution in [2.45, 2.75) is 6.67 Å². The molecule has 1 saturated heterocycles. The zero-order valence-corrected chi connectivity index (χ0v) is 17.1. The fourth-order valence-corrected chi connectivity index (χ4v) is 3.89. The molecule has 0 saturated carbocycles. The molecule has 1 aromatic heterocycles. The number of piperazine rings is 1. The molecule has 2 aromatic carbocycles. The summed E-state index contributed by atoms with van der Waals surface area (Å²) in [5.74, 6) is 1.66. The summed E-state index contributed by atoms with van der Waals surface area (Å²) >= 11 is 5.37. The van der Waals surface area contributed by atoms with Crippen molar-refractivity contribution in [1.29, 1.82) is 0 Å². The van der Waals surface area contributed by atoms with Gasteiger partial charge in [0.05, 0.1) is 12.4 Å². The molecule has 0 amide bonds. The topological polar surface area (TPSA) is 55.9 Å². The molecule has 0 atom stereocenters. The van der Waals surface area contributed by atoms with Gasteiger partial charge in [-0.25, -0.2) is 9.07 Å². The van der Waals surface area contributed by atoms with E-state index in [0.717, 1.165) is 37.5 Å². The SMILES string of the molecule is Fc1ccccc1N1CCN(Cn2nc(-c3ccc4c(c3)OCCO4)oc2=S)CC1. The number of para-hydroxylation sites is 1. The van der Waals surface area contributed by atoms with Gasteiger partial charge in [0.1, 0.15) is 19.0 Å². The van der Waals surface area contributed by atoms with E-state index in [-0.39, 0.29) is 5.82 Å². The van der Waals surface area contributed by atoms with Crippen molar-refractivity contribution in [3.63, 3.8) is 0 Å². The molecule has 9 heteroatoms. The Kier molecular flexibility index (Phi) is 5.14. The second-order valence-corrected chi connectivity index (χ2v) is 7.58. The summed E-state index contributed by atoms with van der Waals surface area (Å²) in [4.78, 5) is 4.61. The van der Waals surface area contributed by atoms with E-state index in [4.69, 9.17) is 26.1 Å². The highest BCUT2D eigenvalue weighted by Gasteiger charge is 2.21. The molecule has 5 rings (SSSR count). The molecule has 3 aromatic rings. The Morgan fingerprint density at radius 3 is 2.53 bits per heavy atom. The highest BCUT2D eigenvalue weighted by molar-refractivity contribution is 7.71. The Balaban J connectivity index is 1.26. The third kappa shape index (κ3) is 3.78. The summed E-state index contributed by atoms with van der Waals surface area (Å²) in [5.41, 5.74) is 1.43. The van der Waals surface area contributed by atoms with E-state index < -0.39 is 0 Å². The van der Waals surface area contributed by atoms with Crippen LogP contribution < -0.4 is 14.4 Å². The number of rotatable bonds is 4. The summed E-state index contributed by atoms with van der Waals surface area (Å²) in [6.45, 7) is 4.63. The number of fused-ring (bicyclic) bond motifs is 1. The molecule has 30 heavy (non-hydrogen) atoms. The van der Waals surface area contributed by atoms with E-state index >= 15 is 0 Å². The van der Waals surface area contributed by atoms with E-state index in [1.807, 2.05) is 30.3 Å². The van der Waals surface area contributed by atoms with Crippen LogP contribution in [0.15, 0.2) is 46.9 Å². The number of nitrogens with zero attached hydrogens (tertiary/aromatic N) is 4. The molecular formula is C21H21FN4O3S. The third-order valence-electron chi connectivity index (χ3n) is 5.29. The monoisotopic (exact) mass is 428 g/mol. The van der Waals surface area contributed by atoms with Crippen LogP contribution in [0.2, 0.25) is 0 Å². The number of aromatic nitrogens is 2. The van der Waals surface area contributed by atoms with E-state index in [0.29, 0.717) is 42.0 Å². The van der Waals surface area contributed by atoms with Gasteiger partial charge in [-0.15, -0.1) is 5.10 Å². The Hall–Kier alpha value is -2.91. The lowest BCUT2D eigenvalue weighted by Crippen LogP contribution is -2.47. The quantitative estimate of drug-likeness (QED) is 0.589. The zero-order valence-electron chi connectivity index (χ0n) is 16.3. The van der Waals surface area contributed by atoms with E-state index in [1.54, 1.807) is 10.7 Å². The Morgan fingerprint density at radius 1 is 0.967 bits per heavy atom. The standard InChI is InChI=1S/C21H21FN4O3S/c22-16-3-1-2-4-17(16)25-9-7-24(8-10-25)14-26-21(30)29-20(23-26)15-5-6-18-19(13-15)28-12-11-27-18/h1-6,13H,7-12,14H2. The Labute approximate surface area is 178 Å². The van der Waals surface area contributed by atoms with Crippen molar-refractivity contribution in [3.8, 4) is 23.0 Å². The molecule has 156 valence electrons. The fourth-order valence-electron chi connectivity index (χ4n) is 3.72. The molecule has 1 fully saturated rings. The number of ether oxygens (including phenoxy) is 2. The molecule has 7 nitrogen and oxygen atoms in total. The molecule has 3 heterocycles. The van der Waals surface area contributed by atoms with Crippen LogP contribution in [-0.2, 0) is 6.67 Å². The van der Waals surface area contributed by atoms with Crippen molar-refractivity contribution >= 4 is 17.9 Å². The summed E-state index contributed by atoms with van der Waals surface area (Å²) in [7, 11) is 0. The minimum atomic E-state index is -0.186.